The predicted molar refractivity (Wildman–Crippen MR) is 73.0 cm³/mol. The van der Waals surface area contributed by atoms with Crippen LogP contribution in [0.4, 0.5) is 0 Å². The molecule has 0 heterocycles. The normalized spacial score (nSPS) is 12.9. The molecule has 0 radical (unpaired) electrons. The first kappa shape index (κ1) is 14.4. The Morgan fingerprint density at radius 1 is 1.12 bits per heavy atom. The minimum absolute atomic E-state index is 0.398. The molecule has 90 valence electrons. The second kappa shape index (κ2) is 6.32. The van der Waals surface area contributed by atoms with E-state index < -0.39 is 0 Å². The van der Waals surface area contributed by atoms with Crippen molar-refractivity contribution in [2.75, 3.05) is 6.54 Å². The van der Waals surface area contributed by atoms with Gasteiger partial charge in [-0.05, 0) is 36.9 Å². The van der Waals surface area contributed by atoms with E-state index in [-0.39, 0.29) is 0 Å². The van der Waals surface area contributed by atoms with Crippen LogP contribution >= 0.6 is 46.4 Å². The molecule has 1 nitrogen and oxygen atoms in total. The summed E-state index contributed by atoms with van der Waals surface area (Å²) in [6.45, 7) is 2.74. The van der Waals surface area contributed by atoms with Gasteiger partial charge in [-0.2, -0.15) is 0 Å². The van der Waals surface area contributed by atoms with E-state index >= 15 is 0 Å². The van der Waals surface area contributed by atoms with Gasteiger partial charge in [0, 0.05) is 0 Å². The Labute approximate surface area is 116 Å². The summed E-state index contributed by atoms with van der Waals surface area (Å²) in [6.07, 6.45) is 1.64. The van der Waals surface area contributed by atoms with E-state index in [1.54, 1.807) is 6.07 Å². The molecule has 0 aromatic heterocycles. The lowest BCUT2D eigenvalue weighted by Gasteiger charge is -2.14. The summed E-state index contributed by atoms with van der Waals surface area (Å²) in [5, 5.41) is 1.84. The summed E-state index contributed by atoms with van der Waals surface area (Å²) in [5.74, 6) is 0.398. The third-order valence-corrected chi connectivity index (χ3v) is 4.07. The fourth-order valence-corrected chi connectivity index (χ4v) is 2.54. The summed E-state index contributed by atoms with van der Waals surface area (Å²) in [5.41, 5.74) is 6.31. The van der Waals surface area contributed by atoms with Crippen LogP contribution in [0.25, 0.3) is 0 Å². The van der Waals surface area contributed by atoms with E-state index in [1.807, 2.05) is 0 Å². The molecule has 1 unspecified atom stereocenters. The maximum Gasteiger partial charge on any atom is 0.0640 e. The van der Waals surface area contributed by atoms with Gasteiger partial charge in [0.25, 0.3) is 0 Å². The van der Waals surface area contributed by atoms with Crippen molar-refractivity contribution < 1.29 is 0 Å². The lowest BCUT2D eigenvalue weighted by Crippen LogP contribution is -2.08. The van der Waals surface area contributed by atoms with Crippen molar-refractivity contribution in [3.63, 3.8) is 0 Å². The summed E-state index contributed by atoms with van der Waals surface area (Å²) in [6, 6.07) is 1.56. The van der Waals surface area contributed by atoms with Crippen LogP contribution in [0.3, 0.4) is 0 Å². The lowest BCUT2D eigenvalue weighted by atomic mass is 9.98. The Bertz CT molecular complexity index is 352. The highest BCUT2D eigenvalue weighted by Gasteiger charge is 2.15. The molecule has 0 saturated heterocycles. The summed E-state index contributed by atoms with van der Waals surface area (Å²) in [4.78, 5) is 0. The van der Waals surface area contributed by atoms with E-state index in [1.165, 1.54) is 0 Å². The van der Waals surface area contributed by atoms with Crippen molar-refractivity contribution in [1.29, 1.82) is 0 Å². The summed E-state index contributed by atoms with van der Waals surface area (Å²) >= 11 is 24.1. The number of hydrogen-bond acceptors (Lipinski definition) is 1. The average molecular weight is 301 g/mol. The van der Waals surface area contributed by atoms with Crippen molar-refractivity contribution in [3.8, 4) is 0 Å². The minimum Gasteiger partial charge on any atom is -0.330 e. The number of hydrogen-bond donors (Lipinski definition) is 1. The lowest BCUT2D eigenvalue weighted by molar-refractivity contribution is 0.539. The summed E-state index contributed by atoms with van der Waals surface area (Å²) in [7, 11) is 0. The monoisotopic (exact) mass is 299 g/mol. The van der Waals surface area contributed by atoms with Crippen LogP contribution in [-0.4, -0.2) is 6.54 Å². The molecule has 16 heavy (non-hydrogen) atoms. The van der Waals surface area contributed by atoms with Crippen molar-refractivity contribution in [2.24, 2.45) is 11.7 Å². The van der Waals surface area contributed by atoms with Crippen LogP contribution in [0, 0.1) is 5.92 Å². The zero-order valence-electron chi connectivity index (χ0n) is 8.87. The van der Waals surface area contributed by atoms with Crippen molar-refractivity contribution >= 4 is 46.4 Å². The molecule has 0 spiro atoms. The van der Waals surface area contributed by atoms with Crippen LogP contribution in [-0.2, 0) is 6.42 Å². The van der Waals surface area contributed by atoms with E-state index in [4.69, 9.17) is 52.1 Å². The fraction of sp³-hybridized carbons (Fsp3) is 0.455. The van der Waals surface area contributed by atoms with Crippen molar-refractivity contribution in [1.82, 2.24) is 0 Å². The highest BCUT2D eigenvalue weighted by atomic mass is 35.5. The largest absolute Gasteiger partial charge is 0.330 e. The van der Waals surface area contributed by atoms with Gasteiger partial charge in [0.1, 0.15) is 0 Å². The quantitative estimate of drug-likeness (QED) is 0.792. The maximum absolute atomic E-state index is 6.11. The molecule has 0 fully saturated rings. The molecule has 0 saturated carbocycles. The van der Waals surface area contributed by atoms with Crippen LogP contribution in [0.15, 0.2) is 6.07 Å². The van der Waals surface area contributed by atoms with E-state index in [2.05, 4.69) is 6.92 Å². The molecule has 1 aromatic rings. The van der Waals surface area contributed by atoms with Crippen LogP contribution < -0.4 is 5.73 Å². The fourth-order valence-electron chi connectivity index (χ4n) is 1.54. The molecular weight excluding hydrogens is 288 g/mol. The molecule has 0 aliphatic rings. The Morgan fingerprint density at radius 2 is 1.62 bits per heavy atom. The Hall–Kier alpha value is 0.340. The molecule has 0 aliphatic heterocycles. The molecule has 0 aliphatic carbocycles. The smallest absolute Gasteiger partial charge is 0.0640 e. The van der Waals surface area contributed by atoms with Gasteiger partial charge in [-0.25, -0.2) is 0 Å². The molecular formula is C11H13Cl4N. The highest BCUT2D eigenvalue weighted by molar-refractivity contribution is 6.48. The van der Waals surface area contributed by atoms with E-state index in [0.717, 1.165) is 18.4 Å². The van der Waals surface area contributed by atoms with E-state index in [9.17, 15) is 0 Å². The molecule has 1 atom stereocenters. The van der Waals surface area contributed by atoms with Gasteiger partial charge in [-0.3, -0.25) is 0 Å². The first-order valence-electron chi connectivity index (χ1n) is 4.99. The highest BCUT2D eigenvalue weighted by Crippen LogP contribution is 2.38. The number of halogens is 4. The molecule has 0 bridgehead atoms. The second-order valence-electron chi connectivity index (χ2n) is 3.83. The first-order chi connectivity index (χ1) is 7.47. The Kier molecular flexibility index (Phi) is 5.69. The van der Waals surface area contributed by atoms with Crippen LogP contribution in [0.1, 0.15) is 18.9 Å². The first-order valence-corrected chi connectivity index (χ1v) is 6.50. The van der Waals surface area contributed by atoms with Crippen LogP contribution in [0.2, 0.25) is 20.1 Å². The van der Waals surface area contributed by atoms with Gasteiger partial charge >= 0.3 is 0 Å². The Morgan fingerprint density at radius 3 is 2.06 bits per heavy atom. The molecule has 2 N–H and O–H groups in total. The third-order valence-electron chi connectivity index (χ3n) is 2.41. The topological polar surface area (TPSA) is 26.0 Å². The maximum atomic E-state index is 6.11. The van der Waals surface area contributed by atoms with Gasteiger partial charge in [0.05, 0.1) is 20.1 Å². The number of benzene rings is 1. The Balaban J connectivity index is 3.03. The standard InChI is InChI=1S/C11H13Cl4N/c1-6(2-3-16)4-7-10(14)8(12)5-9(13)11(7)15/h5-6H,2-4,16H2,1H3. The van der Waals surface area contributed by atoms with Gasteiger partial charge in [0.15, 0.2) is 0 Å². The zero-order valence-corrected chi connectivity index (χ0v) is 11.9. The second-order valence-corrected chi connectivity index (χ2v) is 5.40. The zero-order chi connectivity index (χ0) is 12.3. The third kappa shape index (κ3) is 3.41. The molecule has 0 amide bonds. The number of rotatable bonds is 4. The molecule has 1 aromatic carbocycles. The van der Waals surface area contributed by atoms with Crippen molar-refractivity contribution in [3.05, 3.63) is 31.7 Å². The average Bonchev–Trinajstić information content (AvgIpc) is 2.22. The minimum atomic E-state index is 0.398. The van der Waals surface area contributed by atoms with E-state index in [0.29, 0.717) is 32.6 Å². The van der Waals surface area contributed by atoms with Crippen LogP contribution in [0.5, 0.6) is 0 Å². The predicted octanol–water partition coefficient (Wildman–Crippen LogP) is 4.83. The van der Waals surface area contributed by atoms with Crippen molar-refractivity contribution in [2.45, 2.75) is 19.8 Å². The van der Waals surface area contributed by atoms with Gasteiger partial charge in [-0.15, -0.1) is 0 Å². The van der Waals surface area contributed by atoms with Gasteiger partial charge < -0.3 is 5.73 Å². The SMILES string of the molecule is CC(CCN)Cc1c(Cl)c(Cl)cc(Cl)c1Cl. The molecule has 5 heteroatoms. The molecule has 1 rings (SSSR count). The summed E-state index contributed by atoms with van der Waals surface area (Å²) < 4.78 is 0. The number of nitrogens with two attached hydrogens (primary N) is 1. The van der Waals surface area contributed by atoms with Gasteiger partial charge in [-0.1, -0.05) is 53.3 Å². The van der Waals surface area contributed by atoms with Gasteiger partial charge in [0.2, 0.25) is 0 Å².